The van der Waals surface area contributed by atoms with E-state index in [-0.39, 0.29) is 17.6 Å². The van der Waals surface area contributed by atoms with E-state index in [9.17, 15) is 9.59 Å². The summed E-state index contributed by atoms with van der Waals surface area (Å²) in [6, 6.07) is 12.9. The molecule has 0 atom stereocenters. The van der Waals surface area contributed by atoms with Crippen LogP contribution in [0.25, 0.3) is 0 Å². The number of anilines is 1. The molecule has 2 aromatic rings. The molecule has 1 aliphatic rings. The molecule has 1 fully saturated rings. The van der Waals surface area contributed by atoms with Crippen LogP contribution in [0.1, 0.15) is 23.2 Å². The van der Waals surface area contributed by atoms with E-state index in [1.807, 2.05) is 35.2 Å². The minimum atomic E-state index is -0.0785. The Kier molecular flexibility index (Phi) is 5.48. The highest BCUT2D eigenvalue weighted by Gasteiger charge is 2.19. The average molecular weight is 341 g/mol. The molecule has 0 radical (unpaired) electrons. The van der Waals surface area contributed by atoms with Crippen molar-refractivity contribution in [3.05, 3.63) is 54.2 Å². The number of amides is 2. The molecule has 1 aromatic carbocycles. The maximum atomic E-state index is 12.2. The summed E-state index contributed by atoms with van der Waals surface area (Å²) in [5.41, 5.74) is 1.39. The van der Waals surface area contributed by atoms with Gasteiger partial charge in [0.05, 0.1) is 16.3 Å². The lowest BCUT2D eigenvalue weighted by atomic mass is 10.2. The Morgan fingerprint density at radius 2 is 1.83 bits per heavy atom. The van der Waals surface area contributed by atoms with Gasteiger partial charge in [0.15, 0.2) is 0 Å². The second kappa shape index (κ2) is 7.97. The van der Waals surface area contributed by atoms with E-state index in [0.29, 0.717) is 5.56 Å². The highest BCUT2D eigenvalue weighted by molar-refractivity contribution is 7.99. The van der Waals surface area contributed by atoms with E-state index >= 15 is 0 Å². The maximum Gasteiger partial charge on any atom is 0.255 e. The topological polar surface area (TPSA) is 62.3 Å². The number of carbonyl (C=O) groups excluding carboxylic acids is 2. The Morgan fingerprint density at radius 3 is 2.50 bits per heavy atom. The molecule has 3 rings (SSSR count). The van der Waals surface area contributed by atoms with Gasteiger partial charge >= 0.3 is 0 Å². The molecule has 124 valence electrons. The van der Waals surface area contributed by atoms with Gasteiger partial charge in [-0.1, -0.05) is 30.0 Å². The summed E-state index contributed by atoms with van der Waals surface area (Å²) in [6.07, 6.45) is 3.74. The number of nitrogens with one attached hydrogen (secondary N) is 1. The highest BCUT2D eigenvalue weighted by Crippen LogP contribution is 2.18. The molecule has 24 heavy (non-hydrogen) atoms. The quantitative estimate of drug-likeness (QED) is 0.849. The summed E-state index contributed by atoms with van der Waals surface area (Å²) in [5.74, 6) is 0.241. The van der Waals surface area contributed by atoms with Crippen LogP contribution in [0.4, 0.5) is 5.69 Å². The first-order valence-corrected chi connectivity index (χ1v) is 8.94. The van der Waals surface area contributed by atoms with Crippen molar-refractivity contribution >= 4 is 29.3 Å². The lowest BCUT2D eigenvalue weighted by Gasteiger charge is -2.14. The van der Waals surface area contributed by atoms with E-state index in [1.54, 1.807) is 18.3 Å². The van der Waals surface area contributed by atoms with Gasteiger partial charge in [0.2, 0.25) is 5.91 Å². The molecule has 1 aromatic heterocycles. The number of hydrogen-bond donors (Lipinski definition) is 1. The molecule has 0 bridgehead atoms. The van der Waals surface area contributed by atoms with Crippen molar-refractivity contribution in [3.63, 3.8) is 0 Å². The van der Waals surface area contributed by atoms with Crippen molar-refractivity contribution in [2.45, 2.75) is 17.9 Å². The molecular formula is C18H19N3O2S. The zero-order valence-electron chi connectivity index (χ0n) is 13.3. The molecule has 0 saturated carbocycles. The molecule has 6 heteroatoms. The van der Waals surface area contributed by atoms with Crippen molar-refractivity contribution in [2.75, 3.05) is 24.2 Å². The van der Waals surface area contributed by atoms with Crippen LogP contribution < -0.4 is 5.32 Å². The predicted octanol–water partition coefficient (Wildman–Crippen LogP) is 3.05. The Balaban J connectivity index is 1.50. The minimum absolute atomic E-state index is 0.0402. The second-order valence-corrected chi connectivity index (χ2v) is 6.58. The number of thioether (sulfide) groups is 1. The first-order chi connectivity index (χ1) is 11.7. The van der Waals surface area contributed by atoms with Crippen LogP contribution in [0, 0.1) is 0 Å². The van der Waals surface area contributed by atoms with Gasteiger partial charge in [0, 0.05) is 25.0 Å². The van der Waals surface area contributed by atoms with Crippen LogP contribution >= 0.6 is 11.8 Å². The molecule has 1 aliphatic heterocycles. The van der Waals surface area contributed by atoms with Crippen LogP contribution in [0.3, 0.4) is 0 Å². The van der Waals surface area contributed by atoms with E-state index in [0.717, 1.165) is 36.6 Å². The lowest BCUT2D eigenvalue weighted by Crippen LogP contribution is -2.27. The molecule has 0 spiro atoms. The Morgan fingerprint density at radius 1 is 1.08 bits per heavy atom. The standard InChI is InChI=1S/C18H19N3O2S/c22-16(20-15-6-2-1-3-7-15)13-24-17-9-8-14(12-19-17)18(23)21-10-4-5-11-21/h1-3,6-9,12H,4-5,10-11,13H2,(H,20,22). The van der Waals surface area contributed by atoms with E-state index in [2.05, 4.69) is 10.3 Å². The number of likely N-dealkylation sites (tertiary alicyclic amines) is 1. The second-order valence-electron chi connectivity index (χ2n) is 5.59. The average Bonchev–Trinajstić information content (AvgIpc) is 3.15. The van der Waals surface area contributed by atoms with Gasteiger partial charge in [-0.2, -0.15) is 0 Å². The molecule has 1 N–H and O–H groups in total. The van der Waals surface area contributed by atoms with Gasteiger partial charge in [-0.05, 0) is 37.1 Å². The fourth-order valence-corrected chi connectivity index (χ4v) is 3.20. The van der Waals surface area contributed by atoms with E-state index < -0.39 is 0 Å². The first-order valence-electron chi connectivity index (χ1n) is 7.95. The fourth-order valence-electron chi connectivity index (χ4n) is 2.55. The number of rotatable bonds is 5. The predicted molar refractivity (Wildman–Crippen MR) is 95.2 cm³/mol. The lowest BCUT2D eigenvalue weighted by molar-refractivity contribution is -0.113. The van der Waals surface area contributed by atoms with E-state index in [1.165, 1.54) is 11.8 Å². The van der Waals surface area contributed by atoms with Crippen LogP contribution in [-0.4, -0.2) is 40.5 Å². The van der Waals surface area contributed by atoms with Gasteiger partial charge in [-0.15, -0.1) is 0 Å². The van der Waals surface area contributed by atoms with Crippen LogP contribution in [0.5, 0.6) is 0 Å². The van der Waals surface area contributed by atoms with Crippen molar-refractivity contribution in [3.8, 4) is 0 Å². The number of aromatic nitrogens is 1. The molecule has 0 unspecified atom stereocenters. The summed E-state index contributed by atoms with van der Waals surface area (Å²) in [5, 5.41) is 3.56. The highest BCUT2D eigenvalue weighted by atomic mass is 32.2. The van der Waals surface area contributed by atoms with Crippen LogP contribution in [-0.2, 0) is 4.79 Å². The van der Waals surface area contributed by atoms with Gasteiger partial charge in [0.25, 0.3) is 5.91 Å². The third-order valence-electron chi connectivity index (χ3n) is 3.79. The minimum Gasteiger partial charge on any atom is -0.339 e. The van der Waals surface area contributed by atoms with Crippen molar-refractivity contribution in [2.24, 2.45) is 0 Å². The molecule has 5 nitrogen and oxygen atoms in total. The molecule has 2 heterocycles. The number of para-hydroxylation sites is 1. The Hall–Kier alpha value is -2.34. The van der Waals surface area contributed by atoms with Crippen molar-refractivity contribution in [1.82, 2.24) is 9.88 Å². The van der Waals surface area contributed by atoms with Gasteiger partial charge in [0.1, 0.15) is 0 Å². The van der Waals surface area contributed by atoms with Crippen LogP contribution in [0.2, 0.25) is 0 Å². The fraction of sp³-hybridized carbons (Fsp3) is 0.278. The number of hydrogen-bond acceptors (Lipinski definition) is 4. The maximum absolute atomic E-state index is 12.2. The smallest absolute Gasteiger partial charge is 0.255 e. The van der Waals surface area contributed by atoms with Crippen LogP contribution in [0.15, 0.2) is 53.7 Å². The number of nitrogens with zero attached hydrogens (tertiary/aromatic N) is 2. The van der Waals surface area contributed by atoms with Crippen molar-refractivity contribution < 1.29 is 9.59 Å². The number of benzene rings is 1. The largest absolute Gasteiger partial charge is 0.339 e. The summed E-state index contributed by atoms with van der Waals surface area (Å²) in [7, 11) is 0. The normalized spacial score (nSPS) is 13.8. The Bertz CT molecular complexity index is 698. The van der Waals surface area contributed by atoms with E-state index in [4.69, 9.17) is 0 Å². The zero-order chi connectivity index (χ0) is 16.8. The summed E-state index contributed by atoms with van der Waals surface area (Å²) < 4.78 is 0. The monoisotopic (exact) mass is 341 g/mol. The molecular weight excluding hydrogens is 322 g/mol. The third kappa shape index (κ3) is 4.35. The summed E-state index contributed by atoms with van der Waals surface area (Å²) in [4.78, 5) is 30.3. The SMILES string of the molecule is O=C(CSc1ccc(C(=O)N2CCCC2)cn1)Nc1ccccc1. The van der Waals surface area contributed by atoms with Crippen molar-refractivity contribution in [1.29, 1.82) is 0 Å². The van der Waals surface area contributed by atoms with Gasteiger partial charge in [-0.3, -0.25) is 9.59 Å². The third-order valence-corrected chi connectivity index (χ3v) is 4.73. The van der Waals surface area contributed by atoms with Gasteiger partial charge < -0.3 is 10.2 Å². The summed E-state index contributed by atoms with van der Waals surface area (Å²) in [6.45, 7) is 1.66. The zero-order valence-corrected chi connectivity index (χ0v) is 14.1. The molecule has 2 amide bonds. The number of carbonyl (C=O) groups is 2. The van der Waals surface area contributed by atoms with Gasteiger partial charge in [-0.25, -0.2) is 4.98 Å². The first kappa shape index (κ1) is 16.5. The molecule has 1 saturated heterocycles. The molecule has 0 aliphatic carbocycles. The summed E-state index contributed by atoms with van der Waals surface area (Å²) >= 11 is 1.35. The Labute approximate surface area is 145 Å². The number of pyridine rings is 1.